The van der Waals surface area contributed by atoms with Crippen molar-refractivity contribution < 1.29 is 9.18 Å². The molecule has 4 nitrogen and oxygen atoms in total. The third-order valence-corrected chi connectivity index (χ3v) is 1.63. The maximum atomic E-state index is 12.6. The second-order valence-electron chi connectivity index (χ2n) is 2.69. The number of hydrogen-bond donors (Lipinski definition) is 0. The Hall–Kier alpha value is -1.96. The van der Waals surface area contributed by atoms with Gasteiger partial charge in [-0.3, -0.25) is 4.79 Å². The van der Waals surface area contributed by atoms with Crippen LogP contribution in [0.2, 0.25) is 0 Å². The standard InChI is InChI=1S/C9H8FN3O/c1-13(5-3-11)9(14)7-2-4-12-8(10)6-7/h2,4,6H,5H2,1H3. The van der Waals surface area contributed by atoms with E-state index in [1.807, 2.05) is 6.07 Å². The van der Waals surface area contributed by atoms with Crippen molar-refractivity contribution in [1.82, 2.24) is 9.88 Å². The molecule has 1 rings (SSSR count). The monoisotopic (exact) mass is 193 g/mol. The van der Waals surface area contributed by atoms with Crippen molar-refractivity contribution in [2.24, 2.45) is 0 Å². The molecular formula is C9H8FN3O. The van der Waals surface area contributed by atoms with Gasteiger partial charge in [-0.05, 0) is 6.07 Å². The molecule has 0 aliphatic rings. The molecule has 0 spiro atoms. The molecule has 72 valence electrons. The van der Waals surface area contributed by atoms with Crippen molar-refractivity contribution in [2.45, 2.75) is 0 Å². The fraction of sp³-hybridized carbons (Fsp3) is 0.222. The molecule has 0 aromatic carbocycles. The Morgan fingerprint density at radius 2 is 2.50 bits per heavy atom. The van der Waals surface area contributed by atoms with Gasteiger partial charge >= 0.3 is 0 Å². The summed E-state index contributed by atoms with van der Waals surface area (Å²) in [7, 11) is 1.48. The summed E-state index contributed by atoms with van der Waals surface area (Å²) in [6, 6.07) is 4.27. The van der Waals surface area contributed by atoms with Crippen LogP contribution in [0.3, 0.4) is 0 Å². The first-order chi connectivity index (χ1) is 6.65. The number of hydrogen-bond acceptors (Lipinski definition) is 3. The van der Waals surface area contributed by atoms with Crippen molar-refractivity contribution in [1.29, 1.82) is 5.26 Å². The summed E-state index contributed by atoms with van der Waals surface area (Å²) in [6.45, 7) is -0.0250. The lowest BCUT2D eigenvalue weighted by Gasteiger charge is -2.12. The molecule has 0 radical (unpaired) electrons. The quantitative estimate of drug-likeness (QED) is 0.516. The molecule has 0 saturated heterocycles. The van der Waals surface area contributed by atoms with E-state index in [1.54, 1.807) is 0 Å². The van der Waals surface area contributed by atoms with Crippen LogP contribution >= 0.6 is 0 Å². The third kappa shape index (κ3) is 2.26. The summed E-state index contributed by atoms with van der Waals surface area (Å²) < 4.78 is 12.6. The number of nitrogens with zero attached hydrogens (tertiary/aromatic N) is 3. The topological polar surface area (TPSA) is 57.0 Å². The lowest BCUT2D eigenvalue weighted by molar-refractivity contribution is 0.0811. The smallest absolute Gasteiger partial charge is 0.254 e. The highest BCUT2D eigenvalue weighted by Gasteiger charge is 2.11. The Balaban J connectivity index is 2.85. The Morgan fingerprint density at radius 1 is 1.79 bits per heavy atom. The Bertz CT molecular complexity index is 386. The number of rotatable bonds is 2. The molecule has 5 heteroatoms. The van der Waals surface area contributed by atoms with Gasteiger partial charge in [-0.2, -0.15) is 9.65 Å². The molecule has 1 heterocycles. The summed E-state index contributed by atoms with van der Waals surface area (Å²) in [5, 5.41) is 8.36. The average Bonchev–Trinajstić information content (AvgIpc) is 2.17. The first-order valence-electron chi connectivity index (χ1n) is 3.89. The zero-order chi connectivity index (χ0) is 10.6. The molecular weight excluding hydrogens is 185 g/mol. The molecule has 0 unspecified atom stereocenters. The van der Waals surface area contributed by atoms with Crippen LogP contribution < -0.4 is 0 Å². The van der Waals surface area contributed by atoms with Crippen LogP contribution in [0.5, 0.6) is 0 Å². The van der Waals surface area contributed by atoms with Crippen LogP contribution in [0.4, 0.5) is 4.39 Å². The third-order valence-electron chi connectivity index (χ3n) is 1.63. The lowest BCUT2D eigenvalue weighted by Crippen LogP contribution is -2.27. The molecule has 1 aromatic rings. The van der Waals surface area contributed by atoms with Gasteiger partial charge < -0.3 is 4.90 Å². The van der Waals surface area contributed by atoms with E-state index in [0.29, 0.717) is 0 Å². The number of aromatic nitrogens is 1. The second kappa shape index (κ2) is 4.33. The van der Waals surface area contributed by atoms with Crippen molar-refractivity contribution in [2.75, 3.05) is 13.6 Å². The molecule has 0 fully saturated rings. The summed E-state index contributed by atoms with van der Waals surface area (Å²) in [6.07, 6.45) is 1.21. The summed E-state index contributed by atoms with van der Waals surface area (Å²) in [5.74, 6) is -1.10. The van der Waals surface area contributed by atoms with Gasteiger partial charge in [0.25, 0.3) is 5.91 Å². The van der Waals surface area contributed by atoms with Gasteiger partial charge in [0, 0.05) is 24.9 Å². The molecule has 0 saturated carbocycles. The maximum absolute atomic E-state index is 12.6. The number of nitriles is 1. The van der Waals surface area contributed by atoms with Gasteiger partial charge in [0.1, 0.15) is 6.54 Å². The van der Waals surface area contributed by atoms with Crippen LogP contribution in [-0.4, -0.2) is 29.4 Å². The van der Waals surface area contributed by atoms with E-state index in [1.165, 1.54) is 24.2 Å². The minimum Gasteiger partial charge on any atom is -0.328 e. The predicted octanol–water partition coefficient (Wildman–Crippen LogP) is 0.816. The molecule has 14 heavy (non-hydrogen) atoms. The fourth-order valence-electron chi connectivity index (χ4n) is 0.934. The maximum Gasteiger partial charge on any atom is 0.254 e. The van der Waals surface area contributed by atoms with Gasteiger partial charge in [0.2, 0.25) is 5.95 Å². The minimum absolute atomic E-state index is 0.0250. The molecule has 0 bridgehead atoms. The highest BCUT2D eigenvalue weighted by molar-refractivity contribution is 5.94. The average molecular weight is 193 g/mol. The van der Waals surface area contributed by atoms with Crippen molar-refractivity contribution in [3.8, 4) is 6.07 Å². The second-order valence-corrected chi connectivity index (χ2v) is 2.69. The van der Waals surface area contributed by atoms with Crippen LogP contribution in [0.25, 0.3) is 0 Å². The first-order valence-corrected chi connectivity index (χ1v) is 3.89. The zero-order valence-corrected chi connectivity index (χ0v) is 7.57. The lowest BCUT2D eigenvalue weighted by atomic mass is 10.2. The van der Waals surface area contributed by atoms with E-state index in [2.05, 4.69) is 4.98 Å². The van der Waals surface area contributed by atoms with E-state index in [9.17, 15) is 9.18 Å². The van der Waals surface area contributed by atoms with Crippen molar-refractivity contribution in [3.63, 3.8) is 0 Å². The summed E-state index contributed by atoms with van der Waals surface area (Å²) >= 11 is 0. The van der Waals surface area contributed by atoms with Gasteiger partial charge in [-0.25, -0.2) is 4.98 Å². The minimum atomic E-state index is -0.707. The SMILES string of the molecule is CN(CC#N)C(=O)c1ccnc(F)c1. The highest BCUT2D eigenvalue weighted by Crippen LogP contribution is 2.03. The molecule has 0 aliphatic heterocycles. The first kappa shape index (κ1) is 10.1. The number of carbonyl (C=O) groups excluding carboxylic acids is 1. The summed E-state index contributed by atoms with van der Waals surface area (Å²) in [5.41, 5.74) is 0.190. The molecule has 1 amide bonds. The van der Waals surface area contributed by atoms with E-state index < -0.39 is 11.9 Å². The number of halogens is 1. The van der Waals surface area contributed by atoms with E-state index in [4.69, 9.17) is 5.26 Å². The normalized spacial score (nSPS) is 9.21. The Morgan fingerprint density at radius 3 is 3.07 bits per heavy atom. The van der Waals surface area contributed by atoms with Gasteiger partial charge in [0.05, 0.1) is 6.07 Å². The fourth-order valence-corrected chi connectivity index (χ4v) is 0.934. The number of carbonyl (C=O) groups is 1. The number of amides is 1. The van der Waals surface area contributed by atoms with Crippen LogP contribution in [0, 0.1) is 17.3 Å². The van der Waals surface area contributed by atoms with Crippen LogP contribution in [-0.2, 0) is 0 Å². The molecule has 1 aromatic heterocycles. The molecule has 0 atom stereocenters. The van der Waals surface area contributed by atoms with Gasteiger partial charge in [-0.1, -0.05) is 0 Å². The van der Waals surface area contributed by atoms with E-state index >= 15 is 0 Å². The summed E-state index contributed by atoms with van der Waals surface area (Å²) in [4.78, 5) is 16.0. The van der Waals surface area contributed by atoms with E-state index in [0.717, 1.165) is 6.07 Å². The van der Waals surface area contributed by atoms with Crippen molar-refractivity contribution in [3.05, 3.63) is 29.8 Å². The largest absolute Gasteiger partial charge is 0.328 e. The molecule has 0 aliphatic carbocycles. The Labute approximate surface area is 80.6 Å². The van der Waals surface area contributed by atoms with Crippen molar-refractivity contribution >= 4 is 5.91 Å². The Kier molecular flexibility index (Phi) is 3.13. The van der Waals surface area contributed by atoms with Gasteiger partial charge in [0.15, 0.2) is 0 Å². The molecule has 0 N–H and O–H groups in total. The van der Waals surface area contributed by atoms with Crippen LogP contribution in [0.15, 0.2) is 18.3 Å². The highest BCUT2D eigenvalue weighted by atomic mass is 19.1. The predicted molar refractivity (Wildman–Crippen MR) is 46.8 cm³/mol. The van der Waals surface area contributed by atoms with E-state index in [-0.39, 0.29) is 12.1 Å². The van der Waals surface area contributed by atoms with Crippen LogP contribution in [0.1, 0.15) is 10.4 Å². The number of pyridine rings is 1. The zero-order valence-electron chi connectivity index (χ0n) is 7.57. The van der Waals surface area contributed by atoms with Gasteiger partial charge in [-0.15, -0.1) is 0 Å².